The summed E-state index contributed by atoms with van der Waals surface area (Å²) in [6.45, 7) is 1.67. The predicted molar refractivity (Wildman–Crippen MR) is 55.5 cm³/mol. The summed E-state index contributed by atoms with van der Waals surface area (Å²) in [5.74, 6) is -5.59. The van der Waals surface area contributed by atoms with Crippen LogP contribution in [0.15, 0.2) is 0 Å². The number of carboxylic acid groups (broad SMARTS) is 2. The van der Waals surface area contributed by atoms with Crippen molar-refractivity contribution in [1.29, 1.82) is 0 Å². The zero-order valence-electron chi connectivity index (χ0n) is 9.71. The molecule has 0 aliphatic carbocycles. The summed E-state index contributed by atoms with van der Waals surface area (Å²) in [7, 11) is 0. The van der Waals surface area contributed by atoms with Gasteiger partial charge in [0.25, 0.3) is 0 Å². The Morgan fingerprint density at radius 3 is 2.00 bits per heavy atom. The fraction of sp³-hybridized carbons (Fsp3) is 0.600. The Morgan fingerprint density at radius 2 is 1.61 bits per heavy atom. The van der Waals surface area contributed by atoms with E-state index < -0.39 is 42.3 Å². The van der Waals surface area contributed by atoms with Crippen LogP contribution in [0.5, 0.6) is 0 Å². The highest BCUT2D eigenvalue weighted by atomic mass is 16.6. The average molecular weight is 262 g/mol. The molecule has 102 valence electrons. The van der Waals surface area contributed by atoms with Crippen molar-refractivity contribution in [3.05, 3.63) is 0 Å². The maximum absolute atomic E-state index is 11.2. The molecule has 8 nitrogen and oxygen atoms in total. The summed E-state index contributed by atoms with van der Waals surface area (Å²) < 4.78 is 4.22. The molecule has 0 bridgehead atoms. The first-order valence-corrected chi connectivity index (χ1v) is 5.12. The van der Waals surface area contributed by atoms with E-state index in [2.05, 4.69) is 4.74 Å². The molecule has 0 fully saturated rings. The smallest absolute Gasteiger partial charge is 0.336 e. The van der Waals surface area contributed by atoms with Crippen molar-refractivity contribution < 1.29 is 39.2 Å². The Hall–Kier alpha value is -1.96. The molecule has 0 radical (unpaired) electrons. The SMILES string of the molecule is CCCC(=O)OC(=O)CC(O)(CC(=O)O)C(=O)O. The number of esters is 2. The lowest BCUT2D eigenvalue weighted by Crippen LogP contribution is -2.43. The second kappa shape index (κ2) is 6.70. The minimum Gasteiger partial charge on any atom is -0.481 e. The molecule has 3 N–H and O–H groups in total. The van der Waals surface area contributed by atoms with Gasteiger partial charge < -0.3 is 20.1 Å². The monoisotopic (exact) mass is 262 g/mol. The minimum atomic E-state index is -2.78. The zero-order valence-corrected chi connectivity index (χ0v) is 9.71. The van der Waals surface area contributed by atoms with E-state index in [1.807, 2.05) is 0 Å². The molecule has 0 saturated heterocycles. The van der Waals surface area contributed by atoms with Crippen LogP contribution in [0.4, 0.5) is 0 Å². The number of carboxylic acids is 2. The number of carbonyl (C=O) groups is 4. The molecule has 8 heteroatoms. The fourth-order valence-electron chi connectivity index (χ4n) is 1.12. The molecular formula is C10H14O8. The number of hydrogen-bond acceptors (Lipinski definition) is 6. The molecule has 0 saturated carbocycles. The molecule has 0 spiro atoms. The molecule has 0 rings (SSSR count). The third kappa shape index (κ3) is 5.39. The number of aliphatic carboxylic acids is 2. The van der Waals surface area contributed by atoms with Crippen LogP contribution in [0.3, 0.4) is 0 Å². The molecule has 0 aromatic carbocycles. The Bertz CT molecular complexity index is 361. The summed E-state index contributed by atoms with van der Waals surface area (Å²) in [5.41, 5.74) is -2.78. The predicted octanol–water partition coefficient (Wildman–Crippen LogP) is -0.463. The molecule has 18 heavy (non-hydrogen) atoms. The highest BCUT2D eigenvalue weighted by molar-refractivity contribution is 5.92. The largest absolute Gasteiger partial charge is 0.481 e. The van der Waals surface area contributed by atoms with Crippen LogP contribution in [-0.4, -0.2) is 44.8 Å². The van der Waals surface area contributed by atoms with Crippen molar-refractivity contribution in [3.63, 3.8) is 0 Å². The van der Waals surface area contributed by atoms with Crippen molar-refractivity contribution in [2.45, 2.75) is 38.2 Å². The lowest BCUT2D eigenvalue weighted by Gasteiger charge is -2.19. The number of rotatable bonds is 7. The highest BCUT2D eigenvalue weighted by Crippen LogP contribution is 2.17. The van der Waals surface area contributed by atoms with Crippen molar-refractivity contribution in [3.8, 4) is 0 Å². The van der Waals surface area contributed by atoms with Gasteiger partial charge in [-0.3, -0.25) is 14.4 Å². The van der Waals surface area contributed by atoms with Gasteiger partial charge in [0.15, 0.2) is 5.60 Å². The van der Waals surface area contributed by atoms with Gasteiger partial charge in [-0.15, -0.1) is 0 Å². The van der Waals surface area contributed by atoms with E-state index in [-0.39, 0.29) is 6.42 Å². The van der Waals surface area contributed by atoms with Crippen molar-refractivity contribution in [2.24, 2.45) is 0 Å². The van der Waals surface area contributed by atoms with Gasteiger partial charge in [0.05, 0.1) is 12.8 Å². The van der Waals surface area contributed by atoms with Gasteiger partial charge in [-0.1, -0.05) is 6.92 Å². The maximum Gasteiger partial charge on any atom is 0.336 e. The van der Waals surface area contributed by atoms with Gasteiger partial charge in [0.1, 0.15) is 0 Å². The quantitative estimate of drug-likeness (QED) is 0.413. The van der Waals surface area contributed by atoms with Gasteiger partial charge in [-0.25, -0.2) is 4.79 Å². The Balaban J connectivity index is 4.60. The fourth-order valence-corrected chi connectivity index (χ4v) is 1.12. The number of aliphatic hydroxyl groups is 1. The van der Waals surface area contributed by atoms with Gasteiger partial charge in [-0.05, 0) is 6.42 Å². The van der Waals surface area contributed by atoms with Crippen molar-refractivity contribution in [2.75, 3.05) is 0 Å². The second-order valence-corrected chi connectivity index (χ2v) is 3.68. The van der Waals surface area contributed by atoms with E-state index in [0.29, 0.717) is 6.42 Å². The van der Waals surface area contributed by atoms with Crippen LogP contribution in [0, 0.1) is 0 Å². The van der Waals surface area contributed by atoms with E-state index in [1.165, 1.54) is 0 Å². The number of hydrogen-bond donors (Lipinski definition) is 3. The van der Waals surface area contributed by atoms with Gasteiger partial charge in [-0.2, -0.15) is 0 Å². The third-order valence-corrected chi connectivity index (χ3v) is 1.96. The lowest BCUT2D eigenvalue weighted by molar-refractivity contribution is -0.174. The summed E-state index contributed by atoms with van der Waals surface area (Å²) in [6.07, 6.45) is -1.87. The van der Waals surface area contributed by atoms with Crippen LogP contribution >= 0.6 is 0 Å². The van der Waals surface area contributed by atoms with Gasteiger partial charge in [0.2, 0.25) is 0 Å². The molecule has 0 heterocycles. The molecule has 1 atom stereocenters. The Kier molecular flexibility index (Phi) is 5.97. The average Bonchev–Trinajstić information content (AvgIpc) is 2.15. The van der Waals surface area contributed by atoms with Crippen molar-refractivity contribution >= 4 is 23.9 Å². The first-order valence-electron chi connectivity index (χ1n) is 5.12. The minimum absolute atomic E-state index is 0.0316. The molecule has 0 aromatic rings. The molecule has 0 aliphatic rings. The van der Waals surface area contributed by atoms with Gasteiger partial charge in [0, 0.05) is 6.42 Å². The normalized spacial score (nSPS) is 13.4. The van der Waals surface area contributed by atoms with E-state index >= 15 is 0 Å². The Labute approximate surface area is 102 Å². The topological polar surface area (TPSA) is 138 Å². The second-order valence-electron chi connectivity index (χ2n) is 3.68. The zero-order chi connectivity index (χ0) is 14.3. The summed E-state index contributed by atoms with van der Waals surface area (Å²) >= 11 is 0. The summed E-state index contributed by atoms with van der Waals surface area (Å²) in [4.78, 5) is 43.2. The van der Waals surface area contributed by atoms with Crippen LogP contribution in [-0.2, 0) is 23.9 Å². The van der Waals surface area contributed by atoms with Crippen LogP contribution in [0.1, 0.15) is 32.6 Å². The van der Waals surface area contributed by atoms with Crippen LogP contribution < -0.4 is 0 Å². The molecule has 0 amide bonds. The first-order chi connectivity index (χ1) is 8.21. The van der Waals surface area contributed by atoms with E-state index in [4.69, 9.17) is 10.2 Å². The van der Waals surface area contributed by atoms with E-state index in [1.54, 1.807) is 6.92 Å². The number of ether oxygens (including phenoxy) is 1. The molecular weight excluding hydrogens is 248 g/mol. The van der Waals surface area contributed by atoms with Crippen LogP contribution in [0.25, 0.3) is 0 Å². The van der Waals surface area contributed by atoms with Crippen LogP contribution in [0.2, 0.25) is 0 Å². The third-order valence-electron chi connectivity index (χ3n) is 1.96. The number of carbonyl (C=O) groups excluding carboxylic acids is 2. The molecule has 0 aromatic heterocycles. The molecule has 0 aliphatic heterocycles. The first kappa shape index (κ1) is 16.0. The highest BCUT2D eigenvalue weighted by Gasteiger charge is 2.41. The molecule has 1 unspecified atom stereocenters. The van der Waals surface area contributed by atoms with Crippen molar-refractivity contribution in [1.82, 2.24) is 0 Å². The standard InChI is InChI=1S/C10H14O8/c1-2-3-7(13)18-8(14)5-10(17,9(15)16)4-6(11)12/h17H,2-5H2,1H3,(H,11,12)(H,15,16). The van der Waals surface area contributed by atoms with E-state index in [9.17, 15) is 24.3 Å². The Morgan fingerprint density at radius 1 is 1.06 bits per heavy atom. The summed E-state index contributed by atoms with van der Waals surface area (Å²) in [6, 6.07) is 0. The maximum atomic E-state index is 11.2. The van der Waals surface area contributed by atoms with Gasteiger partial charge >= 0.3 is 23.9 Å². The van der Waals surface area contributed by atoms with E-state index in [0.717, 1.165) is 0 Å². The lowest BCUT2D eigenvalue weighted by atomic mass is 9.96. The summed E-state index contributed by atoms with van der Waals surface area (Å²) in [5, 5.41) is 26.6.